The zero-order valence-electron chi connectivity index (χ0n) is 6.63. The number of hydrogen-bond acceptors (Lipinski definition) is 2. The van der Waals surface area contributed by atoms with Gasteiger partial charge in [0.05, 0.1) is 5.38 Å². The number of hydrogen-bond donors (Lipinski definition) is 2. The van der Waals surface area contributed by atoms with Crippen molar-refractivity contribution >= 4 is 11.6 Å². The number of halogens is 1. The van der Waals surface area contributed by atoms with Crippen molar-refractivity contribution in [1.29, 1.82) is 0 Å². The predicted octanol–water partition coefficient (Wildman–Crippen LogP) is 1.34. The minimum atomic E-state index is -1.71. The second-order valence-electron chi connectivity index (χ2n) is 3.09. The second kappa shape index (κ2) is 3.56. The molecule has 0 saturated heterocycles. The fraction of sp³-hybridized carbons (Fsp3) is 1.00. The molecule has 2 N–H and O–H groups in total. The van der Waals surface area contributed by atoms with Gasteiger partial charge in [-0.15, -0.1) is 11.6 Å². The average Bonchev–Trinajstić information content (AvgIpc) is 1.60. The molecule has 0 aliphatic heterocycles. The van der Waals surface area contributed by atoms with Gasteiger partial charge in [0.2, 0.25) is 0 Å². The zero-order chi connectivity index (χ0) is 8.36. The van der Waals surface area contributed by atoms with Gasteiger partial charge in [-0.1, -0.05) is 13.8 Å². The van der Waals surface area contributed by atoms with Gasteiger partial charge in [0, 0.05) is 6.42 Å². The Morgan fingerprint density at radius 2 is 1.70 bits per heavy atom. The third-order valence-electron chi connectivity index (χ3n) is 1.35. The van der Waals surface area contributed by atoms with Crippen LogP contribution >= 0.6 is 11.6 Å². The van der Waals surface area contributed by atoms with E-state index in [1.165, 1.54) is 0 Å². The van der Waals surface area contributed by atoms with Gasteiger partial charge in [0.15, 0.2) is 5.79 Å². The average molecular weight is 167 g/mol. The van der Waals surface area contributed by atoms with Gasteiger partial charge < -0.3 is 10.2 Å². The first kappa shape index (κ1) is 10.2. The molecule has 0 radical (unpaired) electrons. The van der Waals surface area contributed by atoms with Crippen molar-refractivity contribution in [2.75, 3.05) is 0 Å². The van der Waals surface area contributed by atoms with Crippen LogP contribution in [0.5, 0.6) is 0 Å². The molecule has 2 nitrogen and oxygen atoms in total. The molecule has 0 aromatic heterocycles. The third kappa shape index (κ3) is 3.40. The summed E-state index contributed by atoms with van der Waals surface area (Å²) >= 11 is 5.51. The molecule has 0 unspecified atom stereocenters. The topological polar surface area (TPSA) is 40.5 Å². The molecular weight excluding hydrogens is 152 g/mol. The van der Waals surface area contributed by atoms with Gasteiger partial charge in [-0.2, -0.15) is 0 Å². The lowest BCUT2D eigenvalue weighted by atomic mass is 10.0. The van der Waals surface area contributed by atoms with Gasteiger partial charge in [-0.05, 0) is 12.8 Å². The Morgan fingerprint density at radius 1 is 1.30 bits per heavy atom. The van der Waals surface area contributed by atoms with Crippen LogP contribution in [0.3, 0.4) is 0 Å². The van der Waals surface area contributed by atoms with Gasteiger partial charge in [0.1, 0.15) is 0 Å². The lowest BCUT2D eigenvalue weighted by molar-refractivity contribution is -0.170. The highest BCUT2D eigenvalue weighted by atomic mass is 35.5. The molecule has 62 valence electrons. The van der Waals surface area contributed by atoms with E-state index in [1.54, 1.807) is 6.92 Å². The van der Waals surface area contributed by atoms with Crippen molar-refractivity contribution in [2.24, 2.45) is 5.92 Å². The van der Waals surface area contributed by atoms with Gasteiger partial charge in [-0.25, -0.2) is 0 Å². The largest absolute Gasteiger partial charge is 0.364 e. The molecule has 0 bridgehead atoms. The SMILES string of the molecule is CC(C)CC(O)(O)[C@H](C)Cl. The highest BCUT2D eigenvalue weighted by Crippen LogP contribution is 2.21. The summed E-state index contributed by atoms with van der Waals surface area (Å²) in [7, 11) is 0. The van der Waals surface area contributed by atoms with Crippen molar-refractivity contribution in [3.63, 3.8) is 0 Å². The van der Waals surface area contributed by atoms with E-state index in [1.807, 2.05) is 13.8 Å². The smallest absolute Gasteiger partial charge is 0.179 e. The minimum absolute atomic E-state index is 0.246. The van der Waals surface area contributed by atoms with Crippen LogP contribution in [0.4, 0.5) is 0 Å². The van der Waals surface area contributed by atoms with E-state index in [-0.39, 0.29) is 5.92 Å². The molecule has 0 fully saturated rings. The van der Waals surface area contributed by atoms with Crippen molar-refractivity contribution in [1.82, 2.24) is 0 Å². The Balaban J connectivity index is 3.87. The molecular formula is C7H15ClO2. The Hall–Kier alpha value is 0.210. The van der Waals surface area contributed by atoms with E-state index >= 15 is 0 Å². The third-order valence-corrected chi connectivity index (χ3v) is 1.70. The molecule has 0 heterocycles. The van der Waals surface area contributed by atoms with Crippen LogP contribution < -0.4 is 0 Å². The molecule has 0 aliphatic rings. The lowest BCUT2D eigenvalue weighted by Crippen LogP contribution is -2.38. The van der Waals surface area contributed by atoms with Gasteiger partial charge in [0.25, 0.3) is 0 Å². The summed E-state index contributed by atoms with van der Waals surface area (Å²) in [6.45, 7) is 5.41. The first-order valence-electron chi connectivity index (χ1n) is 3.45. The van der Waals surface area contributed by atoms with Crippen LogP contribution in [-0.2, 0) is 0 Å². The van der Waals surface area contributed by atoms with Crippen LogP contribution in [-0.4, -0.2) is 21.4 Å². The minimum Gasteiger partial charge on any atom is -0.364 e. The van der Waals surface area contributed by atoms with Crippen LogP contribution in [0, 0.1) is 5.92 Å². The summed E-state index contributed by atoms with van der Waals surface area (Å²) in [6.07, 6.45) is 0.317. The second-order valence-corrected chi connectivity index (χ2v) is 3.75. The summed E-state index contributed by atoms with van der Waals surface area (Å²) in [5.41, 5.74) is 0. The Morgan fingerprint density at radius 3 is 1.80 bits per heavy atom. The summed E-state index contributed by atoms with van der Waals surface area (Å²) in [6, 6.07) is 0. The van der Waals surface area contributed by atoms with E-state index < -0.39 is 11.2 Å². The van der Waals surface area contributed by atoms with E-state index in [9.17, 15) is 10.2 Å². The molecule has 0 rings (SSSR count). The van der Waals surface area contributed by atoms with Crippen molar-refractivity contribution < 1.29 is 10.2 Å². The quantitative estimate of drug-likeness (QED) is 0.491. The van der Waals surface area contributed by atoms with Crippen LogP contribution in [0.1, 0.15) is 27.2 Å². The maximum Gasteiger partial charge on any atom is 0.179 e. The van der Waals surface area contributed by atoms with Crippen molar-refractivity contribution in [3.8, 4) is 0 Å². The monoisotopic (exact) mass is 166 g/mol. The van der Waals surface area contributed by atoms with E-state index in [0.29, 0.717) is 6.42 Å². The fourth-order valence-corrected chi connectivity index (χ4v) is 0.852. The Kier molecular flexibility index (Phi) is 3.63. The van der Waals surface area contributed by atoms with Crippen LogP contribution in [0.15, 0.2) is 0 Å². The predicted molar refractivity (Wildman–Crippen MR) is 41.9 cm³/mol. The Labute approximate surface area is 66.8 Å². The molecule has 0 spiro atoms. The summed E-state index contributed by atoms with van der Waals surface area (Å²) in [4.78, 5) is 0. The van der Waals surface area contributed by atoms with Gasteiger partial charge in [-0.3, -0.25) is 0 Å². The number of aliphatic hydroxyl groups is 2. The molecule has 0 saturated carbocycles. The highest BCUT2D eigenvalue weighted by Gasteiger charge is 2.29. The molecule has 0 aromatic rings. The van der Waals surface area contributed by atoms with Gasteiger partial charge >= 0.3 is 0 Å². The molecule has 0 amide bonds. The first-order chi connectivity index (χ1) is 4.36. The normalized spacial score (nSPS) is 15.9. The molecule has 1 atom stereocenters. The Bertz CT molecular complexity index is 99.8. The molecule has 10 heavy (non-hydrogen) atoms. The lowest BCUT2D eigenvalue weighted by Gasteiger charge is -2.25. The zero-order valence-corrected chi connectivity index (χ0v) is 7.39. The van der Waals surface area contributed by atoms with Crippen molar-refractivity contribution in [2.45, 2.75) is 38.4 Å². The highest BCUT2D eigenvalue weighted by molar-refractivity contribution is 6.20. The molecule has 0 aromatic carbocycles. The maximum absolute atomic E-state index is 9.19. The molecule has 0 aliphatic carbocycles. The van der Waals surface area contributed by atoms with E-state index in [4.69, 9.17) is 11.6 Å². The number of rotatable bonds is 3. The summed E-state index contributed by atoms with van der Waals surface area (Å²) in [5.74, 6) is -1.47. The number of alkyl halides is 1. The molecule has 3 heteroatoms. The van der Waals surface area contributed by atoms with Crippen molar-refractivity contribution in [3.05, 3.63) is 0 Å². The van der Waals surface area contributed by atoms with Crippen LogP contribution in [0.2, 0.25) is 0 Å². The standard InChI is InChI=1S/C7H15ClO2/c1-5(2)4-7(9,10)6(3)8/h5-6,9-10H,4H2,1-3H3/t6-/m0/s1. The van der Waals surface area contributed by atoms with E-state index in [2.05, 4.69) is 0 Å². The summed E-state index contributed by atoms with van der Waals surface area (Å²) in [5, 5.41) is 17.8. The van der Waals surface area contributed by atoms with Crippen LogP contribution in [0.25, 0.3) is 0 Å². The fourth-order valence-electron chi connectivity index (χ4n) is 0.763. The maximum atomic E-state index is 9.19. The first-order valence-corrected chi connectivity index (χ1v) is 3.88. The van der Waals surface area contributed by atoms with E-state index in [0.717, 1.165) is 0 Å². The summed E-state index contributed by atoms with van der Waals surface area (Å²) < 4.78 is 0.